The number of hydrogen-bond donors (Lipinski definition) is 2. The second-order valence-corrected chi connectivity index (χ2v) is 9.75. The zero-order valence-electron chi connectivity index (χ0n) is 19.0. The molecule has 2 amide bonds. The Kier molecular flexibility index (Phi) is 6.30. The van der Waals surface area contributed by atoms with Gasteiger partial charge in [-0.25, -0.2) is 13.3 Å². The lowest BCUT2D eigenvalue weighted by Gasteiger charge is -2.20. The average molecular weight is 480 g/mol. The minimum Gasteiger partial charge on any atom is -0.497 e. The Balaban J connectivity index is 1.53. The monoisotopic (exact) mass is 479 g/mol. The van der Waals surface area contributed by atoms with Gasteiger partial charge < -0.3 is 10.1 Å². The number of anilines is 3. The van der Waals surface area contributed by atoms with Crippen LogP contribution in [0.2, 0.25) is 0 Å². The van der Waals surface area contributed by atoms with E-state index in [1.54, 1.807) is 36.4 Å². The molecule has 176 valence electrons. The van der Waals surface area contributed by atoms with Crippen molar-refractivity contribution in [2.45, 2.75) is 31.2 Å². The van der Waals surface area contributed by atoms with Crippen LogP contribution in [0.1, 0.15) is 17.5 Å². The van der Waals surface area contributed by atoms with E-state index in [0.717, 1.165) is 11.1 Å². The molecule has 0 aromatic heterocycles. The average Bonchev–Trinajstić information content (AvgIpc) is 3.07. The van der Waals surface area contributed by atoms with Gasteiger partial charge in [0.05, 0.1) is 24.1 Å². The molecule has 1 fully saturated rings. The highest BCUT2D eigenvalue weighted by atomic mass is 32.2. The molecule has 0 aliphatic carbocycles. The Hall–Kier alpha value is -3.85. The number of imide groups is 1. The molecule has 1 aliphatic rings. The number of sulfonamides is 1. The normalized spacial score (nSPS) is 16.0. The lowest BCUT2D eigenvalue weighted by atomic mass is 10.1. The molecule has 1 aliphatic heterocycles. The summed E-state index contributed by atoms with van der Waals surface area (Å²) in [6.45, 7) is 3.71. The van der Waals surface area contributed by atoms with Crippen molar-refractivity contribution in [2.75, 3.05) is 22.0 Å². The van der Waals surface area contributed by atoms with Crippen LogP contribution in [-0.2, 0) is 19.6 Å². The molecule has 4 rings (SSSR count). The van der Waals surface area contributed by atoms with Gasteiger partial charge in [-0.3, -0.25) is 14.3 Å². The highest BCUT2D eigenvalue weighted by Gasteiger charge is 2.40. The van der Waals surface area contributed by atoms with Gasteiger partial charge in [-0.05, 0) is 67.4 Å². The molecule has 3 aromatic carbocycles. The minimum absolute atomic E-state index is 0.0202. The molecule has 2 N–H and O–H groups in total. The third-order valence-electron chi connectivity index (χ3n) is 5.64. The van der Waals surface area contributed by atoms with Gasteiger partial charge in [0.2, 0.25) is 5.91 Å². The first-order valence-corrected chi connectivity index (χ1v) is 12.1. The summed E-state index contributed by atoms with van der Waals surface area (Å²) in [4.78, 5) is 27.1. The third kappa shape index (κ3) is 4.60. The maximum atomic E-state index is 13.1. The summed E-state index contributed by atoms with van der Waals surface area (Å²) in [5.41, 5.74) is 3.08. The number of carbonyl (C=O) groups excluding carboxylic acids is 2. The summed E-state index contributed by atoms with van der Waals surface area (Å²) in [6, 6.07) is 17.4. The van der Waals surface area contributed by atoms with Crippen LogP contribution < -0.4 is 19.7 Å². The van der Waals surface area contributed by atoms with Gasteiger partial charge in [-0.2, -0.15) is 0 Å². The Morgan fingerprint density at radius 2 is 1.56 bits per heavy atom. The van der Waals surface area contributed by atoms with E-state index in [4.69, 9.17) is 4.74 Å². The Morgan fingerprint density at radius 3 is 2.21 bits per heavy atom. The van der Waals surface area contributed by atoms with Crippen LogP contribution in [0.3, 0.4) is 0 Å². The van der Waals surface area contributed by atoms with Crippen molar-refractivity contribution in [1.82, 2.24) is 0 Å². The van der Waals surface area contributed by atoms with Gasteiger partial charge >= 0.3 is 0 Å². The number of rotatable bonds is 7. The largest absolute Gasteiger partial charge is 0.497 e. The zero-order valence-corrected chi connectivity index (χ0v) is 19.8. The first-order valence-electron chi connectivity index (χ1n) is 10.7. The van der Waals surface area contributed by atoms with Crippen molar-refractivity contribution in [1.29, 1.82) is 0 Å². The van der Waals surface area contributed by atoms with Crippen molar-refractivity contribution in [3.63, 3.8) is 0 Å². The highest BCUT2D eigenvalue weighted by molar-refractivity contribution is 7.92. The predicted molar refractivity (Wildman–Crippen MR) is 131 cm³/mol. The lowest BCUT2D eigenvalue weighted by Crippen LogP contribution is -2.35. The Morgan fingerprint density at radius 1 is 0.912 bits per heavy atom. The predicted octanol–water partition coefficient (Wildman–Crippen LogP) is 3.86. The van der Waals surface area contributed by atoms with Crippen LogP contribution in [0.25, 0.3) is 0 Å². The second kappa shape index (κ2) is 9.18. The number of nitrogens with zero attached hydrogens (tertiary/aromatic N) is 1. The lowest BCUT2D eigenvalue weighted by molar-refractivity contribution is -0.121. The van der Waals surface area contributed by atoms with Crippen LogP contribution in [-0.4, -0.2) is 33.4 Å². The van der Waals surface area contributed by atoms with E-state index in [9.17, 15) is 18.0 Å². The molecule has 9 heteroatoms. The molecule has 0 bridgehead atoms. The topological polar surface area (TPSA) is 105 Å². The van der Waals surface area contributed by atoms with Crippen LogP contribution in [0, 0.1) is 13.8 Å². The number of methoxy groups -OCH3 is 1. The van der Waals surface area contributed by atoms with E-state index < -0.39 is 16.1 Å². The number of ether oxygens (including phenoxy) is 1. The summed E-state index contributed by atoms with van der Waals surface area (Å²) in [5.74, 6) is -0.0586. The van der Waals surface area contributed by atoms with Crippen molar-refractivity contribution >= 4 is 38.9 Å². The number of hydrogen-bond acceptors (Lipinski definition) is 6. The van der Waals surface area contributed by atoms with E-state index in [0.29, 0.717) is 22.8 Å². The maximum Gasteiger partial charge on any atom is 0.261 e. The van der Waals surface area contributed by atoms with Gasteiger partial charge in [0.1, 0.15) is 11.8 Å². The van der Waals surface area contributed by atoms with Crippen LogP contribution in [0.5, 0.6) is 5.75 Å². The number of benzene rings is 3. The number of nitrogens with one attached hydrogen (secondary N) is 2. The molecular weight excluding hydrogens is 454 g/mol. The van der Waals surface area contributed by atoms with E-state index in [1.165, 1.54) is 24.1 Å². The summed E-state index contributed by atoms with van der Waals surface area (Å²) in [6.07, 6.45) is -0.0202. The van der Waals surface area contributed by atoms with Gasteiger partial charge in [-0.1, -0.05) is 24.3 Å². The molecule has 0 spiro atoms. The van der Waals surface area contributed by atoms with E-state index in [2.05, 4.69) is 10.0 Å². The summed E-state index contributed by atoms with van der Waals surface area (Å²) in [5, 5.41) is 3.03. The minimum atomic E-state index is -3.87. The smallest absolute Gasteiger partial charge is 0.261 e. The SMILES string of the molecule is COc1ccc(NS(=O)(=O)c2cccc(N[C@@H]3CC(=O)N(c4c(C)cccc4C)C3=O)c2)cc1. The fourth-order valence-electron chi connectivity index (χ4n) is 3.97. The van der Waals surface area contributed by atoms with E-state index in [1.807, 2.05) is 32.0 Å². The quantitative estimate of drug-likeness (QED) is 0.499. The molecule has 1 heterocycles. The van der Waals surface area contributed by atoms with Crippen LogP contribution >= 0.6 is 0 Å². The van der Waals surface area contributed by atoms with Gasteiger partial charge in [-0.15, -0.1) is 0 Å². The third-order valence-corrected chi connectivity index (χ3v) is 7.02. The first-order chi connectivity index (χ1) is 16.2. The second-order valence-electron chi connectivity index (χ2n) is 8.07. The summed E-state index contributed by atoms with van der Waals surface area (Å²) in [7, 11) is -2.34. The molecular formula is C25H25N3O5S. The van der Waals surface area contributed by atoms with Crippen LogP contribution in [0.4, 0.5) is 17.1 Å². The van der Waals surface area contributed by atoms with Crippen molar-refractivity contribution in [3.8, 4) is 5.75 Å². The Bertz CT molecular complexity index is 1330. The van der Waals surface area contributed by atoms with E-state index in [-0.39, 0.29) is 23.1 Å². The Labute approximate surface area is 198 Å². The fraction of sp³-hybridized carbons (Fsp3) is 0.200. The number of amides is 2. The van der Waals surface area contributed by atoms with Gasteiger partial charge in [0.25, 0.3) is 15.9 Å². The zero-order chi connectivity index (χ0) is 24.5. The standard InChI is InChI=1S/C25H25N3O5S/c1-16-6-4-7-17(2)24(16)28-23(29)15-22(25(28)30)26-19-8-5-9-21(14-19)34(31,32)27-18-10-12-20(33-3)13-11-18/h4-14,22,26-27H,15H2,1-3H3/t22-/m1/s1. The molecule has 34 heavy (non-hydrogen) atoms. The number of carbonyl (C=O) groups is 2. The summed E-state index contributed by atoms with van der Waals surface area (Å²) < 4.78 is 33.4. The number of aryl methyl sites for hydroxylation is 2. The highest BCUT2D eigenvalue weighted by Crippen LogP contribution is 2.31. The first kappa shape index (κ1) is 23.3. The maximum absolute atomic E-state index is 13.1. The molecule has 8 nitrogen and oxygen atoms in total. The molecule has 1 saturated heterocycles. The van der Waals surface area contributed by atoms with Gasteiger partial charge in [0, 0.05) is 11.4 Å². The molecule has 0 saturated carbocycles. The van der Waals surface area contributed by atoms with E-state index >= 15 is 0 Å². The molecule has 3 aromatic rings. The van der Waals surface area contributed by atoms with Crippen molar-refractivity contribution in [2.24, 2.45) is 0 Å². The van der Waals surface area contributed by atoms with Crippen molar-refractivity contribution < 1.29 is 22.7 Å². The van der Waals surface area contributed by atoms with Crippen molar-refractivity contribution in [3.05, 3.63) is 77.9 Å². The molecule has 0 radical (unpaired) electrons. The summed E-state index contributed by atoms with van der Waals surface area (Å²) >= 11 is 0. The van der Waals surface area contributed by atoms with Gasteiger partial charge in [0.15, 0.2) is 0 Å². The number of para-hydroxylation sites is 1. The molecule has 1 atom stereocenters. The molecule has 0 unspecified atom stereocenters. The fourth-order valence-corrected chi connectivity index (χ4v) is 5.07. The van der Waals surface area contributed by atoms with Crippen LogP contribution in [0.15, 0.2) is 71.6 Å².